The summed E-state index contributed by atoms with van der Waals surface area (Å²) in [5.41, 5.74) is 8.03. The Morgan fingerprint density at radius 3 is 2.70 bits per heavy atom. The second-order valence-electron chi connectivity index (χ2n) is 5.09. The lowest BCUT2D eigenvalue weighted by molar-refractivity contribution is 0.422. The first-order valence-electron chi connectivity index (χ1n) is 6.65. The van der Waals surface area contributed by atoms with Crippen LogP contribution in [0.1, 0.15) is 36.6 Å². The Bertz CT molecular complexity index is 611. The van der Waals surface area contributed by atoms with Crippen LogP contribution in [0.4, 0.5) is 4.39 Å². The zero-order valence-corrected chi connectivity index (χ0v) is 12.0. The summed E-state index contributed by atoms with van der Waals surface area (Å²) in [6, 6.07) is 8.74. The lowest BCUT2D eigenvalue weighted by Crippen LogP contribution is -2.03. The van der Waals surface area contributed by atoms with Gasteiger partial charge in [-0.05, 0) is 36.1 Å². The molecule has 106 valence electrons. The van der Waals surface area contributed by atoms with Gasteiger partial charge in [0.15, 0.2) is 11.6 Å². The summed E-state index contributed by atoms with van der Waals surface area (Å²) < 4.78 is 19.5. The molecule has 2 N–H and O–H groups in total. The SMILES string of the molecule is Cc1cccc(Oc2cc(CN)cc(C(C)C)n2)c1F. The van der Waals surface area contributed by atoms with Crippen LogP contribution in [0, 0.1) is 12.7 Å². The van der Waals surface area contributed by atoms with E-state index in [9.17, 15) is 4.39 Å². The number of nitrogens with two attached hydrogens (primary N) is 1. The van der Waals surface area contributed by atoms with Crippen molar-refractivity contribution in [1.29, 1.82) is 0 Å². The number of rotatable bonds is 4. The topological polar surface area (TPSA) is 48.1 Å². The fraction of sp³-hybridized carbons (Fsp3) is 0.312. The molecule has 20 heavy (non-hydrogen) atoms. The highest BCUT2D eigenvalue weighted by Gasteiger charge is 2.11. The van der Waals surface area contributed by atoms with Crippen molar-refractivity contribution in [2.75, 3.05) is 0 Å². The number of nitrogens with zero attached hydrogens (tertiary/aromatic N) is 1. The second-order valence-corrected chi connectivity index (χ2v) is 5.09. The summed E-state index contributed by atoms with van der Waals surface area (Å²) in [5, 5.41) is 0. The van der Waals surface area contributed by atoms with E-state index in [0.717, 1.165) is 11.3 Å². The molecule has 0 amide bonds. The molecule has 0 bridgehead atoms. The van der Waals surface area contributed by atoms with Gasteiger partial charge in [-0.3, -0.25) is 0 Å². The third-order valence-electron chi connectivity index (χ3n) is 3.08. The number of hydrogen-bond acceptors (Lipinski definition) is 3. The van der Waals surface area contributed by atoms with Crippen molar-refractivity contribution in [1.82, 2.24) is 4.98 Å². The maximum atomic E-state index is 14.0. The molecule has 0 saturated heterocycles. The van der Waals surface area contributed by atoms with Gasteiger partial charge in [0.2, 0.25) is 5.88 Å². The van der Waals surface area contributed by atoms with Gasteiger partial charge in [-0.25, -0.2) is 9.37 Å². The molecule has 0 saturated carbocycles. The number of aromatic nitrogens is 1. The molecule has 2 aromatic rings. The highest BCUT2D eigenvalue weighted by Crippen LogP contribution is 2.27. The van der Waals surface area contributed by atoms with Crippen LogP contribution in [0.5, 0.6) is 11.6 Å². The number of hydrogen-bond donors (Lipinski definition) is 1. The monoisotopic (exact) mass is 274 g/mol. The minimum absolute atomic E-state index is 0.182. The normalized spacial score (nSPS) is 10.9. The molecule has 0 aliphatic rings. The summed E-state index contributed by atoms with van der Waals surface area (Å²) in [7, 11) is 0. The van der Waals surface area contributed by atoms with Crippen LogP contribution < -0.4 is 10.5 Å². The van der Waals surface area contributed by atoms with Gasteiger partial charge in [-0.1, -0.05) is 26.0 Å². The lowest BCUT2D eigenvalue weighted by atomic mass is 10.1. The lowest BCUT2D eigenvalue weighted by Gasteiger charge is -2.12. The summed E-state index contributed by atoms with van der Waals surface area (Å²) >= 11 is 0. The van der Waals surface area contributed by atoms with Crippen LogP contribution in [-0.2, 0) is 6.54 Å². The molecule has 0 aliphatic heterocycles. The van der Waals surface area contributed by atoms with Crippen LogP contribution in [0.15, 0.2) is 30.3 Å². The maximum Gasteiger partial charge on any atom is 0.219 e. The van der Waals surface area contributed by atoms with E-state index < -0.39 is 0 Å². The largest absolute Gasteiger partial charge is 0.436 e. The van der Waals surface area contributed by atoms with Crippen molar-refractivity contribution < 1.29 is 9.13 Å². The number of halogens is 1. The van der Waals surface area contributed by atoms with Crippen LogP contribution in [0.3, 0.4) is 0 Å². The highest BCUT2D eigenvalue weighted by atomic mass is 19.1. The first-order valence-corrected chi connectivity index (χ1v) is 6.65. The van der Waals surface area contributed by atoms with Crippen molar-refractivity contribution in [3.8, 4) is 11.6 Å². The van der Waals surface area contributed by atoms with Crippen molar-refractivity contribution in [3.63, 3.8) is 0 Å². The smallest absolute Gasteiger partial charge is 0.219 e. The van der Waals surface area contributed by atoms with Crippen molar-refractivity contribution in [3.05, 3.63) is 53.0 Å². The standard InChI is InChI=1S/C16H19FN2O/c1-10(2)13-7-12(9-18)8-15(19-13)20-14-6-4-5-11(3)16(14)17/h4-8,10H,9,18H2,1-3H3. The molecule has 0 aliphatic carbocycles. The second kappa shape index (κ2) is 6.01. The van der Waals surface area contributed by atoms with Crippen molar-refractivity contribution >= 4 is 0 Å². The number of aryl methyl sites for hydroxylation is 1. The predicted molar refractivity (Wildman–Crippen MR) is 77.4 cm³/mol. The molecule has 0 spiro atoms. The Labute approximate surface area is 118 Å². The van der Waals surface area contributed by atoms with E-state index in [-0.39, 0.29) is 17.5 Å². The molecule has 0 fully saturated rings. The minimum Gasteiger partial charge on any atom is -0.436 e. The summed E-state index contributed by atoms with van der Waals surface area (Å²) in [6.07, 6.45) is 0. The predicted octanol–water partition coefficient (Wildman–Crippen LogP) is 3.90. The van der Waals surface area contributed by atoms with Gasteiger partial charge < -0.3 is 10.5 Å². The Hall–Kier alpha value is -1.94. The fourth-order valence-electron chi connectivity index (χ4n) is 1.86. The Kier molecular flexibility index (Phi) is 4.35. The van der Waals surface area contributed by atoms with E-state index in [2.05, 4.69) is 4.98 Å². The maximum absolute atomic E-state index is 14.0. The molecule has 0 unspecified atom stereocenters. The summed E-state index contributed by atoms with van der Waals surface area (Å²) in [6.45, 7) is 6.18. The van der Waals surface area contributed by atoms with Gasteiger partial charge in [-0.2, -0.15) is 0 Å². The minimum atomic E-state index is -0.362. The third-order valence-corrected chi connectivity index (χ3v) is 3.08. The highest BCUT2D eigenvalue weighted by molar-refractivity contribution is 5.35. The van der Waals surface area contributed by atoms with E-state index in [1.165, 1.54) is 0 Å². The molecule has 0 atom stereocenters. The van der Waals surface area contributed by atoms with Gasteiger partial charge in [0.1, 0.15) is 0 Å². The molecule has 1 heterocycles. The van der Waals surface area contributed by atoms with Crippen LogP contribution in [0.2, 0.25) is 0 Å². The van der Waals surface area contributed by atoms with E-state index in [0.29, 0.717) is 18.0 Å². The summed E-state index contributed by atoms with van der Waals surface area (Å²) in [5.74, 6) is 0.451. The van der Waals surface area contributed by atoms with E-state index in [1.807, 2.05) is 19.9 Å². The zero-order chi connectivity index (χ0) is 14.7. The van der Waals surface area contributed by atoms with E-state index in [1.54, 1.807) is 31.2 Å². The van der Waals surface area contributed by atoms with Crippen LogP contribution in [0.25, 0.3) is 0 Å². The van der Waals surface area contributed by atoms with Gasteiger partial charge in [0.25, 0.3) is 0 Å². The Balaban J connectivity index is 2.37. The van der Waals surface area contributed by atoms with Gasteiger partial charge in [0.05, 0.1) is 0 Å². The van der Waals surface area contributed by atoms with Gasteiger partial charge in [0, 0.05) is 18.3 Å². The van der Waals surface area contributed by atoms with Crippen molar-refractivity contribution in [2.45, 2.75) is 33.2 Å². The molecule has 1 aromatic carbocycles. The average Bonchev–Trinajstić information content (AvgIpc) is 2.43. The van der Waals surface area contributed by atoms with Crippen molar-refractivity contribution in [2.24, 2.45) is 5.73 Å². The molecule has 1 aromatic heterocycles. The number of pyridine rings is 1. The molecule has 0 radical (unpaired) electrons. The van der Waals surface area contributed by atoms with Gasteiger partial charge >= 0.3 is 0 Å². The number of benzene rings is 1. The third kappa shape index (κ3) is 3.14. The van der Waals surface area contributed by atoms with Crippen LogP contribution in [-0.4, -0.2) is 4.98 Å². The fourth-order valence-corrected chi connectivity index (χ4v) is 1.86. The number of ether oxygens (including phenoxy) is 1. The average molecular weight is 274 g/mol. The zero-order valence-electron chi connectivity index (χ0n) is 12.0. The molecular weight excluding hydrogens is 255 g/mol. The molecule has 2 rings (SSSR count). The van der Waals surface area contributed by atoms with Gasteiger partial charge in [-0.15, -0.1) is 0 Å². The van der Waals surface area contributed by atoms with E-state index >= 15 is 0 Å². The quantitative estimate of drug-likeness (QED) is 0.919. The molecular formula is C16H19FN2O. The van der Waals surface area contributed by atoms with E-state index in [4.69, 9.17) is 10.5 Å². The summed E-state index contributed by atoms with van der Waals surface area (Å²) in [4.78, 5) is 4.40. The Morgan fingerprint density at radius 2 is 2.05 bits per heavy atom. The first kappa shape index (κ1) is 14.5. The van der Waals surface area contributed by atoms with Crippen LogP contribution >= 0.6 is 0 Å². The molecule has 4 heteroatoms. The first-order chi connectivity index (χ1) is 9.51. The Morgan fingerprint density at radius 1 is 1.30 bits per heavy atom. The molecule has 3 nitrogen and oxygen atoms in total.